The highest BCUT2D eigenvalue weighted by Gasteiger charge is 2.52. The molecule has 0 aromatic carbocycles. The van der Waals surface area contributed by atoms with Crippen LogP contribution in [-0.2, 0) is 14.0 Å². The van der Waals surface area contributed by atoms with Crippen LogP contribution in [0.4, 0.5) is 0 Å². The quantitative estimate of drug-likeness (QED) is 0.620. The fourth-order valence-electron chi connectivity index (χ4n) is 1.99. The van der Waals surface area contributed by atoms with E-state index in [1.54, 1.807) is 18.2 Å². The predicted octanol–water partition coefficient (Wildman–Crippen LogP) is 2.34. The summed E-state index contributed by atoms with van der Waals surface area (Å²) in [5, 5.41) is 0. The second-order valence-electron chi connectivity index (χ2n) is 7.54. The normalized spacial score (nSPS) is 20.0. The molecule has 0 amide bonds. The van der Waals surface area contributed by atoms with Gasteiger partial charge in [-0.3, -0.25) is 0 Å². The minimum Gasteiger partial charge on any atom is -0.455 e. The number of carbonyl (C=O) groups excluding carboxylic acids is 1. The molecule has 1 aliphatic heterocycles. The molecular formula is C16H24BNO4. The fraction of sp³-hybridized carbons (Fsp3) is 0.625. The maximum atomic E-state index is 12.1. The SMILES string of the molecule is CC(C)(C)OC(=O)c1cccc(B2OC(C)(C)C(C)(C)O2)n1. The molecule has 1 aromatic rings. The molecule has 0 aliphatic carbocycles. The summed E-state index contributed by atoms with van der Waals surface area (Å²) < 4.78 is 17.2. The number of carbonyl (C=O) groups is 1. The van der Waals surface area contributed by atoms with Gasteiger partial charge in [0.1, 0.15) is 11.3 Å². The summed E-state index contributed by atoms with van der Waals surface area (Å²) >= 11 is 0. The Bertz CT molecular complexity index is 562. The Morgan fingerprint density at radius 2 is 1.68 bits per heavy atom. The lowest BCUT2D eigenvalue weighted by Gasteiger charge is -2.32. The molecule has 1 aliphatic rings. The van der Waals surface area contributed by atoms with E-state index in [0.29, 0.717) is 5.59 Å². The van der Waals surface area contributed by atoms with Crippen LogP contribution in [0.3, 0.4) is 0 Å². The first-order valence-electron chi connectivity index (χ1n) is 7.47. The number of nitrogens with zero attached hydrogens (tertiary/aromatic N) is 1. The molecule has 2 heterocycles. The Kier molecular flexibility index (Phi) is 4.13. The monoisotopic (exact) mass is 305 g/mol. The summed E-state index contributed by atoms with van der Waals surface area (Å²) in [5.41, 5.74) is -0.620. The summed E-state index contributed by atoms with van der Waals surface area (Å²) in [6, 6.07) is 5.17. The van der Waals surface area contributed by atoms with Crippen LogP contribution in [0.2, 0.25) is 0 Å². The predicted molar refractivity (Wildman–Crippen MR) is 85.1 cm³/mol. The average Bonchev–Trinajstić information content (AvgIpc) is 2.57. The minimum atomic E-state index is -0.590. The van der Waals surface area contributed by atoms with Crippen molar-refractivity contribution in [3.63, 3.8) is 0 Å². The standard InChI is InChI=1S/C16H24BNO4/c1-14(2,3)20-13(19)11-9-8-10-12(18-11)17-21-15(4,5)16(6,7)22-17/h8-10H,1-7H3. The summed E-state index contributed by atoms with van der Waals surface area (Å²) in [6.45, 7) is 13.4. The van der Waals surface area contributed by atoms with E-state index in [0.717, 1.165) is 0 Å². The topological polar surface area (TPSA) is 57.7 Å². The van der Waals surface area contributed by atoms with Crippen LogP contribution < -0.4 is 5.59 Å². The first-order valence-corrected chi connectivity index (χ1v) is 7.47. The third-order valence-corrected chi connectivity index (χ3v) is 3.87. The lowest BCUT2D eigenvalue weighted by Crippen LogP contribution is -2.41. The largest absolute Gasteiger partial charge is 0.514 e. The molecule has 120 valence electrons. The zero-order valence-corrected chi connectivity index (χ0v) is 14.4. The zero-order valence-electron chi connectivity index (χ0n) is 14.4. The number of hydrogen-bond donors (Lipinski definition) is 0. The summed E-state index contributed by atoms with van der Waals surface area (Å²) in [4.78, 5) is 16.5. The van der Waals surface area contributed by atoms with E-state index in [1.165, 1.54) is 0 Å². The van der Waals surface area contributed by atoms with Crippen LogP contribution in [0.5, 0.6) is 0 Å². The molecule has 5 nitrogen and oxygen atoms in total. The van der Waals surface area contributed by atoms with Gasteiger partial charge in [0.2, 0.25) is 0 Å². The average molecular weight is 305 g/mol. The van der Waals surface area contributed by atoms with Crippen molar-refractivity contribution in [2.45, 2.75) is 65.3 Å². The minimum absolute atomic E-state index is 0.252. The smallest absolute Gasteiger partial charge is 0.455 e. The molecule has 0 spiro atoms. The van der Waals surface area contributed by atoms with Gasteiger partial charge >= 0.3 is 13.1 Å². The maximum Gasteiger partial charge on any atom is 0.514 e. The van der Waals surface area contributed by atoms with Crippen molar-refractivity contribution in [1.82, 2.24) is 4.98 Å². The van der Waals surface area contributed by atoms with Crippen LogP contribution in [-0.4, -0.2) is 34.9 Å². The highest BCUT2D eigenvalue weighted by Crippen LogP contribution is 2.36. The Morgan fingerprint density at radius 3 is 2.18 bits per heavy atom. The third kappa shape index (κ3) is 3.50. The van der Waals surface area contributed by atoms with E-state index in [2.05, 4.69) is 4.98 Å². The molecule has 1 fully saturated rings. The van der Waals surface area contributed by atoms with E-state index in [9.17, 15) is 4.79 Å². The molecule has 1 saturated heterocycles. The van der Waals surface area contributed by atoms with Crippen LogP contribution in [0.1, 0.15) is 59.0 Å². The molecule has 6 heteroatoms. The molecular weight excluding hydrogens is 281 g/mol. The molecule has 0 radical (unpaired) electrons. The number of esters is 1. The van der Waals surface area contributed by atoms with Crippen molar-refractivity contribution in [2.24, 2.45) is 0 Å². The van der Waals surface area contributed by atoms with Crippen molar-refractivity contribution < 1.29 is 18.8 Å². The first-order chi connectivity index (χ1) is 9.91. The lowest BCUT2D eigenvalue weighted by molar-refractivity contribution is 0.00578. The van der Waals surface area contributed by atoms with E-state index >= 15 is 0 Å². The Labute approximate surface area is 132 Å². The van der Waals surface area contributed by atoms with Gasteiger partial charge in [-0.1, -0.05) is 6.07 Å². The molecule has 0 unspecified atom stereocenters. The molecule has 0 atom stereocenters. The van der Waals surface area contributed by atoms with Crippen molar-refractivity contribution in [1.29, 1.82) is 0 Å². The van der Waals surface area contributed by atoms with Crippen molar-refractivity contribution in [3.05, 3.63) is 23.9 Å². The molecule has 2 rings (SSSR count). The Morgan fingerprint density at radius 1 is 1.14 bits per heavy atom. The third-order valence-electron chi connectivity index (χ3n) is 3.87. The first kappa shape index (κ1) is 17.0. The van der Waals surface area contributed by atoms with Gasteiger partial charge in [-0.2, -0.15) is 0 Å². The van der Waals surface area contributed by atoms with Crippen molar-refractivity contribution in [2.75, 3.05) is 0 Å². The molecule has 0 bridgehead atoms. The lowest BCUT2D eigenvalue weighted by atomic mass is 9.84. The van der Waals surface area contributed by atoms with Gasteiger partial charge in [0.05, 0.1) is 16.8 Å². The van der Waals surface area contributed by atoms with Gasteiger partial charge in [-0.15, -0.1) is 0 Å². The van der Waals surface area contributed by atoms with Crippen molar-refractivity contribution in [3.8, 4) is 0 Å². The second kappa shape index (κ2) is 5.35. The van der Waals surface area contributed by atoms with Crippen LogP contribution in [0, 0.1) is 0 Å². The number of aromatic nitrogens is 1. The number of rotatable bonds is 2. The van der Waals surface area contributed by atoms with E-state index in [4.69, 9.17) is 14.0 Å². The molecule has 0 saturated carbocycles. The molecule has 1 aromatic heterocycles. The van der Waals surface area contributed by atoms with Gasteiger partial charge < -0.3 is 14.0 Å². The van der Waals surface area contributed by atoms with Crippen LogP contribution in [0.15, 0.2) is 18.2 Å². The summed E-state index contributed by atoms with van der Waals surface area (Å²) in [6.07, 6.45) is 0. The molecule has 0 N–H and O–H groups in total. The zero-order chi connectivity index (χ0) is 16.8. The van der Waals surface area contributed by atoms with Gasteiger partial charge in [0, 0.05) is 0 Å². The van der Waals surface area contributed by atoms with E-state index in [1.807, 2.05) is 48.5 Å². The van der Waals surface area contributed by atoms with E-state index in [-0.39, 0.29) is 5.69 Å². The van der Waals surface area contributed by atoms with Crippen LogP contribution in [0.25, 0.3) is 0 Å². The highest BCUT2D eigenvalue weighted by molar-refractivity contribution is 6.61. The second-order valence-corrected chi connectivity index (χ2v) is 7.54. The van der Waals surface area contributed by atoms with Crippen LogP contribution >= 0.6 is 0 Å². The molecule has 22 heavy (non-hydrogen) atoms. The number of hydrogen-bond acceptors (Lipinski definition) is 5. The van der Waals surface area contributed by atoms with E-state index < -0.39 is 29.9 Å². The van der Waals surface area contributed by atoms with Crippen molar-refractivity contribution >= 4 is 18.7 Å². The van der Waals surface area contributed by atoms with Gasteiger partial charge in [-0.05, 0) is 60.6 Å². The Hall–Kier alpha value is -1.40. The summed E-state index contributed by atoms with van der Waals surface area (Å²) in [7, 11) is -0.590. The van der Waals surface area contributed by atoms with Gasteiger partial charge in [0.25, 0.3) is 0 Å². The highest BCUT2D eigenvalue weighted by atomic mass is 16.7. The fourth-order valence-corrected chi connectivity index (χ4v) is 1.99. The Balaban J connectivity index is 2.22. The number of pyridine rings is 1. The summed E-state index contributed by atoms with van der Waals surface area (Å²) in [5.74, 6) is -0.453. The van der Waals surface area contributed by atoms with Gasteiger partial charge in [0.15, 0.2) is 0 Å². The number of ether oxygens (including phenoxy) is 1. The van der Waals surface area contributed by atoms with Gasteiger partial charge in [-0.25, -0.2) is 9.78 Å². The maximum absolute atomic E-state index is 12.1.